The van der Waals surface area contributed by atoms with Crippen LogP contribution < -0.4 is 10.6 Å². The molecular formula is C21H26F3N3O3. The molecule has 9 heteroatoms. The number of nitrogens with zero attached hydrogens (tertiary/aromatic N) is 1. The first-order valence-electron chi connectivity index (χ1n) is 10.0. The fourth-order valence-electron chi connectivity index (χ4n) is 3.86. The Morgan fingerprint density at radius 1 is 1.30 bits per heavy atom. The van der Waals surface area contributed by atoms with Crippen molar-refractivity contribution in [3.8, 4) is 0 Å². The minimum Gasteiger partial charge on any atom is -0.348 e. The molecule has 0 bridgehead atoms. The van der Waals surface area contributed by atoms with Crippen LogP contribution in [0.5, 0.6) is 0 Å². The van der Waals surface area contributed by atoms with Gasteiger partial charge in [0.15, 0.2) is 0 Å². The van der Waals surface area contributed by atoms with E-state index in [1.807, 2.05) is 13.8 Å². The summed E-state index contributed by atoms with van der Waals surface area (Å²) in [6.07, 6.45) is -2.40. The number of hydrogen-bond donors (Lipinski definition) is 2. The van der Waals surface area contributed by atoms with Gasteiger partial charge >= 0.3 is 12.2 Å². The molecule has 1 saturated heterocycles. The summed E-state index contributed by atoms with van der Waals surface area (Å²) in [5.74, 6) is -0.869. The van der Waals surface area contributed by atoms with Gasteiger partial charge in [-0.3, -0.25) is 14.5 Å². The van der Waals surface area contributed by atoms with Gasteiger partial charge in [0.2, 0.25) is 5.91 Å². The summed E-state index contributed by atoms with van der Waals surface area (Å²) in [4.78, 5) is 38.4. The van der Waals surface area contributed by atoms with E-state index in [1.54, 1.807) is 6.92 Å². The van der Waals surface area contributed by atoms with Crippen LogP contribution in [0.2, 0.25) is 0 Å². The molecule has 0 aromatic heterocycles. The van der Waals surface area contributed by atoms with Crippen LogP contribution in [0.4, 0.5) is 18.0 Å². The molecule has 2 N–H and O–H groups in total. The monoisotopic (exact) mass is 425 g/mol. The molecule has 164 valence electrons. The van der Waals surface area contributed by atoms with Crippen molar-refractivity contribution < 1.29 is 27.6 Å². The summed E-state index contributed by atoms with van der Waals surface area (Å²) >= 11 is 0. The first kappa shape index (κ1) is 22.1. The van der Waals surface area contributed by atoms with E-state index in [2.05, 4.69) is 10.6 Å². The van der Waals surface area contributed by atoms with E-state index in [-0.39, 0.29) is 11.8 Å². The van der Waals surface area contributed by atoms with Gasteiger partial charge in [-0.05, 0) is 55.7 Å². The number of amides is 4. The number of imide groups is 1. The summed E-state index contributed by atoms with van der Waals surface area (Å²) < 4.78 is 39.2. The fourth-order valence-corrected chi connectivity index (χ4v) is 3.86. The van der Waals surface area contributed by atoms with Crippen LogP contribution in [0.3, 0.4) is 0 Å². The van der Waals surface area contributed by atoms with Gasteiger partial charge in [0.1, 0.15) is 12.1 Å². The maximum Gasteiger partial charge on any atom is 0.416 e. The van der Waals surface area contributed by atoms with Gasteiger partial charge in [-0.15, -0.1) is 0 Å². The molecule has 2 atom stereocenters. The minimum atomic E-state index is -4.49. The number of carbonyl (C=O) groups is 3. The molecule has 30 heavy (non-hydrogen) atoms. The lowest BCUT2D eigenvalue weighted by Gasteiger charge is -2.24. The normalized spacial score (nSPS) is 23.0. The molecule has 1 saturated carbocycles. The van der Waals surface area contributed by atoms with Crippen molar-refractivity contribution in [1.29, 1.82) is 0 Å². The Bertz CT molecular complexity index is 851. The summed E-state index contributed by atoms with van der Waals surface area (Å²) in [7, 11) is 0. The van der Waals surface area contributed by atoms with Crippen LogP contribution in [-0.4, -0.2) is 34.8 Å². The molecule has 0 spiro atoms. The highest BCUT2D eigenvalue weighted by molar-refractivity contribution is 6.09. The third-order valence-electron chi connectivity index (χ3n) is 5.66. The molecule has 4 amide bonds. The number of benzene rings is 1. The third-order valence-corrected chi connectivity index (χ3v) is 5.66. The quantitative estimate of drug-likeness (QED) is 0.655. The number of urea groups is 1. The van der Waals surface area contributed by atoms with Gasteiger partial charge in [0, 0.05) is 0 Å². The van der Waals surface area contributed by atoms with Gasteiger partial charge in [0.25, 0.3) is 5.91 Å². The predicted molar refractivity (Wildman–Crippen MR) is 103 cm³/mol. The van der Waals surface area contributed by atoms with Crippen molar-refractivity contribution in [1.82, 2.24) is 15.5 Å². The predicted octanol–water partition coefficient (Wildman–Crippen LogP) is 3.63. The Morgan fingerprint density at radius 2 is 1.97 bits per heavy atom. The zero-order valence-electron chi connectivity index (χ0n) is 17.2. The molecule has 2 unspecified atom stereocenters. The largest absolute Gasteiger partial charge is 0.416 e. The highest BCUT2D eigenvalue weighted by Crippen LogP contribution is 2.42. The Hall–Kier alpha value is -2.58. The van der Waals surface area contributed by atoms with Crippen LogP contribution in [0, 0.1) is 11.8 Å². The molecule has 1 heterocycles. The maximum absolute atomic E-state index is 13.1. The molecule has 2 aliphatic rings. The summed E-state index contributed by atoms with van der Waals surface area (Å²) in [6, 6.07) is 3.53. The highest BCUT2D eigenvalue weighted by Gasteiger charge is 2.56. The summed E-state index contributed by atoms with van der Waals surface area (Å²) in [5.41, 5.74) is -1.46. The first-order valence-corrected chi connectivity index (χ1v) is 10.0. The van der Waals surface area contributed by atoms with Crippen molar-refractivity contribution in [3.63, 3.8) is 0 Å². The molecule has 2 fully saturated rings. The fraction of sp³-hybridized carbons (Fsp3) is 0.571. The third kappa shape index (κ3) is 4.60. The topological polar surface area (TPSA) is 78.5 Å². The van der Waals surface area contributed by atoms with E-state index in [1.165, 1.54) is 12.1 Å². The highest BCUT2D eigenvalue weighted by atomic mass is 19.4. The molecule has 1 aromatic carbocycles. The summed E-state index contributed by atoms with van der Waals surface area (Å²) in [6.45, 7) is 4.98. The van der Waals surface area contributed by atoms with Crippen molar-refractivity contribution in [3.05, 3.63) is 35.4 Å². The van der Waals surface area contributed by atoms with Crippen LogP contribution in [0.15, 0.2) is 24.3 Å². The lowest BCUT2D eigenvalue weighted by molar-refractivity contribution is -0.137. The average Bonchev–Trinajstić information content (AvgIpc) is 3.46. The van der Waals surface area contributed by atoms with Crippen molar-refractivity contribution in [2.24, 2.45) is 11.8 Å². The van der Waals surface area contributed by atoms with Crippen molar-refractivity contribution in [2.45, 2.75) is 57.8 Å². The zero-order valence-corrected chi connectivity index (χ0v) is 17.2. The molecule has 6 nitrogen and oxygen atoms in total. The van der Waals surface area contributed by atoms with Crippen molar-refractivity contribution >= 4 is 17.8 Å². The van der Waals surface area contributed by atoms with E-state index in [9.17, 15) is 27.6 Å². The second-order valence-corrected chi connectivity index (χ2v) is 8.67. The zero-order chi connectivity index (χ0) is 22.3. The number of nitrogens with one attached hydrogen (secondary N) is 2. The maximum atomic E-state index is 13.1. The number of hydrogen-bond acceptors (Lipinski definition) is 3. The lowest BCUT2D eigenvalue weighted by atomic mass is 9.95. The Kier molecular flexibility index (Phi) is 5.84. The van der Waals surface area contributed by atoms with E-state index < -0.39 is 47.7 Å². The van der Waals surface area contributed by atoms with Crippen molar-refractivity contribution in [2.75, 3.05) is 6.54 Å². The number of halogens is 3. The van der Waals surface area contributed by atoms with Crippen LogP contribution in [0.25, 0.3) is 0 Å². The van der Waals surface area contributed by atoms with Crippen LogP contribution in [-0.2, 0) is 15.8 Å². The summed E-state index contributed by atoms with van der Waals surface area (Å²) in [5, 5.41) is 5.37. The molecule has 3 rings (SSSR count). The molecular weight excluding hydrogens is 399 g/mol. The van der Waals surface area contributed by atoms with Gasteiger partial charge in [-0.2, -0.15) is 13.2 Å². The Morgan fingerprint density at radius 3 is 2.53 bits per heavy atom. The lowest BCUT2D eigenvalue weighted by Crippen LogP contribution is -2.47. The standard InChI is InChI=1S/C21H26F3N3O3/c1-12(2)9-16(13-5-4-6-15(10-13)21(22,23)24)25-17(28)11-27-18(29)20(3,14-7-8-14)26-19(27)30/h4-6,10,12,14,16H,7-9,11H2,1-3H3,(H,25,28)(H,26,30). The Labute approximate surface area is 173 Å². The molecule has 1 aliphatic heterocycles. The first-order chi connectivity index (χ1) is 13.9. The van der Waals surface area contributed by atoms with Crippen LogP contribution in [0.1, 0.15) is 57.2 Å². The molecule has 1 aromatic rings. The van der Waals surface area contributed by atoms with E-state index in [4.69, 9.17) is 0 Å². The van der Waals surface area contributed by atoms with Gasteiger partial charge in [-0.1, -0.05) is 26.0 Å². The smallest absolute Gasteiger partial charge is 0.348 e. The number of carbonyl (C=O) groups excluding carboxylic acids is 3. The second-order valence-electron chi connectivity index (χ2n) is 8.67. The minimum absolute atomic E-state index is 0.0702. The van der Waals surface area contributed by atoms with E-state index >= 15 is 0 Å². The Balaban J connectivity index is 1.73. The van der Waals surface area contributed by atoms with E-state index in [0.717, 1.165) is 29.9 Å². The number of alkyl halides is 3. The average molecular weight is 425 g/mol. The van der Waals surface area contributed by atoms with Gasteiger partial charge in [-0.25, -0.2) is 4.79 Å². The van der Waals surface area contributed by atoms with Crippen LogP contribution >= 0.6 is 0 Å². The number of rotatable bonds is 7. The van der Waals surface area contributed by atoms with Gasteiger partial charge < -0.3 is 10.6 Å². The molecule has 0 radical (unpaired) electrons. The molecule has 1 aliphatic carbocycles. The van der Waals surface area contributed by atoms with Gasteiger partial charge in [0.05, 0.1) is 11.6 Å². The van der Waals surface area contributed by atoms with E-state index in [0.29, 0.717) is 12.0 Å². The second kappa shape index (κ2) is 7.92. The SMILES string of the molecule is CC(C)CC(NC(=O)CN1C(=O)NC(C)(C2CC2)C1=O)c1cccc(C(F)(F)F)c1.